The van der Waals surface area contributed by atoms with Crippen LogP contribution >= 0.6 is 0 Å². The van der Waals surface area contributed by atoms with Gasteiger partial charge in [0, 0.05) is 49.1 Å². The van der Waals surface area contributed by atoms with Crippen molar-refractivity contribution in [2.24, 2.45) is 7.05 Å². The van der Waals surface area contributed by atoms with E-state index in [1.54, 1.807) is 23.0 Å². The molecule has 1 N–H and O–H groups in total. The molecule has 6 heteroatoms. The third-order valence-electron chi connectivity index (χ3n) is 4.14. The average Bonchev–Trinajstić information content (AvgIpc) is 2.97. The number of nitrogens with zero attached hydrogens (tertiary/aromatic N) is 3. The molecule has 0 saturated carbocycles. The van der Waals surface area contributed by atoms with Crippen LogP contribution in [-0.4, -0.2) is 27.2 Å². The SMILES string of the molecule is Cn1cc(-c2ccnc3c2C(=O)NCC3)c(-c2ccc(F)cc2)n1. The van der Waals surface area contributed by atoms with Crippen LogP contribution in [0, 0.1) is 5.82 Å². The number of halogens is 1. The summed E-state index contributed by atoms with van der Waals surface area (Å²) >= 11 is 0. The van der Waals surface area contributed by atoms with E-state index in [1.807, 2.05) is 19.3 Å². The largest absolute Gasteiger partial charge is 0.352 e. The van der Waals surface area contributed by atoms with Crippen molar-refractivity contribution in [1.29, 1.82) is 0 Å². The molecule has 1 amide bonds. The van der Waals surface area contributed by atoms with E-state index in [-0.39, 0.29) is 11.7 Å². The molecule has 4 rings (SSSR count). The Morgan fingerprint density at radius 3 is 2.75 bits per heavy atom. The van der Waals surface area contributed by atoms with Crippen molar-refractivity contribution in [3.63, 3.8) is 0 Å². The number of nitrogens with one attached hydrogen (secondary N) is 1. The first-order chi connectivity index (χ1) is 11.6. The lowest BCUT2D eigenvalue weighted by Crippen LogP contribution is -2.33. The van der Waals surface area contributed by atoms with Crippen LogP contribution in [0.25, 0.3) is 22.4 Å². The highest BCUT2D eigenvalue weighted by atomic mass is 19.1. The first kappa shape index (κ1) is 14.6. The van der Waals surface area contributed by atoms with E-state index in [0.717, 1.165) is 22.4 Å². The van der Waals surface area contributed by atoms with Gasteiger partial charge in [-0.1, -0.05) is 0 Å². The zero-order valence-electron chi connectivity index (χ0n) is 13.1. The van der Waals surface area contributed by atoms with Gasteiger partial charge in [-0.15, -0.1) is 0 Å². The molecule has 5 nitrogen and oxygen atoms in total. The fourth-order valence-corrected chi connectivity index (χ4v) is 3.06. The molecule has 3 heterocycles. The van der Waals surface area contributed by atoms with Gasteiger partial charge in [-0.25, -0.2) is 4.39 Å². The summed E-state index contributed by atoms with van der Waals surface area (Å²) in [4.78, 5) is 16.7. The predicted molar refractivity (Wildman–Crippen MR) is 87.9 cm³/mol. The molecule has 0 bridgehead atoms. The van der Waals surface area contributed by atoms with E-state index in [0.29, 0.717) is 24.2 Å². The molecular weight excluding hydrogens is 307 g/mol. The Kier molecular flexibility index (Phi) is 3.37. The highest BCUT2D eigenvalue weighted by Crippen LogP contribution is 2.34. The Bertz CT molecular complexity index is 931. The van der Waals surface area contributed by atoms with Crippen molar-refractivity contribution in [2.75, 3.05) is 6.54 Å². The Morgan fingerprint density at radius 2 is 1.96 bits per heavy atom. The summed E-state index contributed by atoms with van der Waals surface area (Å²) < 4.78 is 14.9. The normalized spacial score (nSPS) is 13.5. The van der Waals surface area contributed by atoms with Crippen molar-refractivity contribution >= 4 is 5.91 Å². The number of hydrogen-bond acceptors (Lipinski definition) is 3. The maximum Gasteiger partial charge on any atom is 0.253 e. The van der Waals surface area contributed by atoms with Gasteiger partial charge in [0.1, 0.15) is 11.5 Å². The monoisotopic (exact) mass is 322 g/mol. The number of carbonyl (C=O) groups is 1. The van der Waals surface area contributed by atoms with Crippen molar-refractivity contribution in [1.82, 2.24) is 20.1 Å². The fraction of sp³-hybridized carbons (Fsp3) is 0.167. The minimum Gasteiger partial charge on any atom is -0.352 e. The molecule has 1 aliphatic rings. The molecule has 0 saturated heterocycles. The number of aromatic nitrogens is 3. The molecule has 0 spiro atoms. The molecule has 1 aliphatic heterocycles. The Balaban J connectivity index is 1.93. The van der Waals surface area contributed by atoms with E-state index < -0.39 is 0 Å². The number of fused-ring (bicyclic) bond motifs is 1. The third-order valence-corrected chi connectivity index (χ3v) is 4.14. The van der Waals surface area contributed by atoms with Crippen LogP contribution in [0.2, 0.25) is 0 Å². The third kappa shape index (κ3) is 2.36. The predicted octanol–water partition coefficient (Wildman–Crippen LogP) is 2.57. The molecule has 0 fully saturated rings. The second-order valence-electron chi connectivity index (χ2n) is 5.76. The number of pyridine rings is 1. The number of hydrogen-bond donors (Lipinski definition) is 1. The summed E-state index contributed by atoms with van der Waals surface area (Å²) in [6.45, 7) is 0.597. The topological polar surface area (TPSA) is 59.8 Å². The van der Waals surface area contributed by atoms with Gasteiger partial charge < -0.3 is 5.32 Å². The molecule has 0 atom stereocenters. The molecule has 120 valence electrons. The van der Waals surface area contributed by atoms with Gasteiger partial charge in [0.25, 0.3) is 5.91 Å². The van der Waals surface area contributed by atoms with Crippen molar-refractivity contribution < 1.29 is 9.18 Å². The molecule has 0 aliphatic carbocycles. The maximum absolute atomic E-state index is 13.2. The zero-order chi connectivity index (χ0) is 16.7. The van der Waals surface area contributed by atoms with Crippen LogP contribution in [0.1, 0.15) is 16.1 Å². The smallest absolute Gasteiger partial charge is 0.253 e. The van der Waals surface area contributed by atoms with Crippen molar-refractivity contribution in [3.8, 4) is 22.4 Å². The molecule has 24 heavy (non-hydrogen) atoms. The highest BCUT2D eigenvalue weighted by Gasteiger charge is 2.24. The van der Waals surface area contributed by atoms with E-state index >= 15 is 0 Å². The lowest BCUT2D eigenvalue weighted by Gasteiger charge is -2.18. The molecule has 0 unspecified atom stereocenters. The number of rotatable bonds is 2. The molecule has 1 aromatic carbocycles. The van der Waals surface area contributed by atoms with Gasteiger partial charge in [0.05, 0.1) is 11.3 Å². The number of amides is 1. The van der Waals surface area contributed by atoms with Gasteiger partial charge >= 0.3 is 0 Å². The van der Waals surface area contributed by atoms with Crippen LogP contribution in [0.5, 0.6) is 0 Å². The van der Waals surface area contributed by atoms with Crippen LogP contribution in [0.4, 0.5) is 4.39 Å². The summed E-state index contributed by atoms with van der Waals surface area (Å²) in [6.07, 6.45) is 4.30. The van der Waals surface area contributed by atoms with E-state index in [2.05, 4.69) is 15.4 Å². The molecular formula is C18H15FN4O. The van der Waals surface area contributed by atoms with Crippen molar-refractivity contribution in [3.05, 3.63) is 59.8 Å². The fourth-order valence-electron chi connectivity index (χ4n) is 3.06. The summed E-state index contributed by atoms with van der Waals surface area (Å²) in [5, 5.41) is 7.37. The minimum absolute atomic E-state index is 0.117. The van der Waals surface area contributed by atoms with Crippen molar-refractivity contribution in [2.45, 2.75) is 6.42 Å². The quantitative estimate of drug-likeness (QED) is 0.789. The average molecular weight is 322 g/mol. The van der Waals surface area contributed by atoms with E-state index in [9.17, 15) is 9.18 Å². The maximum atomic E-state index is 13.2. The first-order valence-electron chi connectivity index (χ1n) is 7.69. The second kappa shape index (κ2) is 5.56. The van der Waals surface area contributed by atoms with Gasteiger partial charge in [0.15, 0.2) is 0 Å². The summed E-state index contributed by atoms with van der Waals surface area (Å²) in [5.74, 6) is -0.412. The highest BCUT2D eigenvalue weighted by molar-refractivity contribution is 6.04. The Hall–Kier alpha value is -3.02. The minimum atomic E-state index is -0.295. The summed E-state index contributed by atoms with van der Waals surface area (Å²) in [5.41, 5.74) is 4.53. The number of benzene rings is 1. The summed E-state index contributed by atoms with van der Waals surface area (Å²) in [6, 6.07) is 8.02. The van der Waals surface area contributed by atoms with Crippen LogP contribution < -0.4 is 5.32 Å². The van der Waals surface area contributed by atoms with E-state index in [4.69, 9.17) is 0 Å². The molecule has 3 aromatic rings. The summed E-state index contributed by atoms with van der Waals surface area (Å²) in [7, 11) is 1.82. The molecule has 0 radical (unpaired) electrons. The van der Waals surface area contributed by atoms with Crippen LogP contribution in [0.3, 0.4) is 0 Å². The van der Waals surface area contributed by atoms with Gasteiger partial charge in [-0.2, -0.15) is 5.10 Å². The lowest BCUT2D eigenvalue weighted by molar-refractivity contribution is 0.0946. The van der Waals surface area contributed by atoms with Gasteiger partial charge in [-0.05, 0) is 30.3 Å². The lowest BCUT2D eigenvalue weighted by atomic mass is 9.94. The van der Waals surface area contributed by atoms with E-state index in [1.165, 1.54) is 12.1 Å². The van der Waals surface area contributed by atoms with Gasteiger partial charge in [-0.3, -0.25) is 14.5 Å². The molecule has 2 aromatic heterocycles. The Labute approximate surface area is 138 Å². The van der Waals surface area contributed by atoms with Crippen LogP contribution in [-0.2, 0) is 13.5 Å². The second-order valence-corrected chi connectivity index (χ2v) is 5.76. The first-order valence-corrected chi connectivity index (χ1v) is 7.69. The number of carbonyl (C=O) groups excluding carboxylic acids is 1. The zero-order valence-corrected chi connectivity index (χ0v) is 13.1. The Morgan fingerprint density at radius 1 is 1.17 bits per heavy atom. The van der Waals surface area contributed by atoms with Crippen LogP contribution in [0.15, 0.2) is 42.7 Å². The number of aryl methyl sites for hydroxylation is 1. The van der Waals surface area contributed by atoms with Gasteiger partial charge in [0.2, 0.25) is 0 Å². The standard InChI is InChI=1S/C18H15FN4O/c1-23-10-14(17(22-23)11-2-4-12(19)5-3-11)13-6-8-20-15-7-9-21-18(24)16(13)15/h2-6,8,10H,7,9H2,1H3,(H,21,24).